The predicted octanol–water partition coefficient (Wildman–Crippen LogP) is 5.27. The van der Waals surface area contributed by atoms with Gasteiger partial charge in [0, 0.05) is 18.0 Å². The highest BCUT2D eigenvalue weighted by atomic mass is 32.2. The Balaban J connectivity index is 2.55. The third kappa shape index (κ3) is 9.16. The SMILES string of the molecule is CCCCCNCCNC(=O)CSc1ccc(C(C)(C)C)cc1C(C)(C)C. The highest BCUT2D eigenvalue weighted by molar-refractivity contribution is 8.00. The Hall–Kier alpha value is -1.00. The second kappa shape index (κ2) is 11.1. The van der Waals surface area contributed by atoms with E-state index in [4.69, 9.17) is 0 Å². The van der Waals surface area contributed by atoms with Crippen molar-refractivity contribution < 1.29 is 4.79 Å². The van der Waals surface area contributed by atoms with Crippen molar-refractivity contribution in [2.45, 2.75) is 83.5 Å². The highest BCUT2D eigenvalue weighted by Crippen LogP contribution is 2.36. The highest BCUT2D eigenvalue weighted by Gasteiger charge is 2.22. The standard InChI is InChI=1S/C23H40N2OS/c1-8-9-10-13-24-14-15-25-21(26)17-27-20-12-11-18(22(2,3)4)16-19(20)23(5,6)7/h11-12,16,24H,8-10,13-15,17H2,1-7H3,(H,25,26). The molecule has 0 aliphatic rings. The van der Waals surface area contributed by atoms with Crippen molar-refractivity contribution in [1.82, 2.24) is 10.6 Å². The molecule has 0 saturated heterocycles. The number of rotatable bonds is 10. The van der Waals surface area contributed by atoms with E-state index in [0.717, 1.165) is 13.1 Å². The fourth-order valence-electron chi connectivity index (χ4n) is 2.82. The van der Waals surface area contributed by atoms with Crippen LogP contribution in [0.5, 0.6) is 0 Å². The zero-order valence-electron chi connectivity index (χ0n) is 18.5. The van der Waals surface area contributed by atoms with Crippen LogP contribution < -0.4 is 10.6 Å². The number of carbonyl (C=O) groups is 1. The number of benzene rings is 1. The van der Waals surface area contributed by atoms with Crippen LogP contribution in [0.25, 0.3) is 0 Å². The molecule has 0 fully saturated rings. The van der Waals surface area contributed by atoms with E-state index in [-0.39, 0.29) is 16.7 Å². The first-order valence-corrected chi connectivity index (χ1v) is 11.3. The third-order valence-electron chi connectivity index (χ3n) is 4.59. The van der Waals surface area contributed by atoms with Crippen molar-refractivity contribution in [2.24, 2.45) is 0 Å². The number of nitrogens with one attached hydrogen (secondary N) is 2. The minimum Gasteiger partial charge on any atom is -0.354 e. The molecule has 0 atom stereocenters. The van der Waals surface area contributed by atoms with Crippen molar-refractivity contribution in [3.8, 4) is 0 Å². The Morgan fingerprint density at radius 2 is 1.67 bits per heavy atom. The van der Waals surface area contributed by atoms with Gasteiger partial charge in [-0.05, 0) is 41.0 Å². The molecule has 0 aliphatic heterocycles. The van der Waals surface area contributed by atoms with E-state index in [2.05, 4.69) is 77.3 Å². The molecule has 3 nitrogen and oxygen atoms in total. The summed E-state index contributed by atoms with van der Waals surface area (Å²) in [5, 5.41) is 6.39. The van der Waals surface area contributed by atoms with Crippen molar-refractivity contribution in [3.05, 3.63) is 29.3 Å². The molecular formula is C23H40N2OS. The van der Waals surface area contributed by atoms with E-state index < -0.39 is 0 Å². The molecule has 154 valence electrons. The first kappa shape index (κ1) is 24.0. The molecule has 2 N–H and O–H groups in total. The van der Waals surface area contributed by atoms with Crippen LogP contribution in [0.3, 0.4) is 0 Å². The zero-order valence-corrected chi connectivity index (χ0v) is 19.3. The van der Waals surface area contributed by atoms with Crippen LogP contribution >= 0.6 is 11.8 Å². The molecule has 0 saturated carbocycles. The second-order valence-electron chi connectivity index (χ2n) is 9.31. The number of unbranched alkanes of at least 4 members (excludes halogenated alkanes) is 2. The van der Waals surface area contributed by atoms with Crippen molar-refractivity contribution >= 4 is 17.7 Å². The maximum atomic E-state index is 12.2. The lowest BCUT2D eigenvalue weighted by Crippen LogP contribution is -2.33. The summed E-state index contributed by atoms with van der Waals surface area (Å²) in [5.74, 6) is 0.573. The largest absolute Gasteiger partial charge is 0.354 e. The van der Waals surface area contributed by atoms with E-state index in [1.807, 2.05) is 0 Å². The van der Waals surface area contributed by atoms with Crippen LogP contribution in [-0.4, -0.2) is 31.3 Å². The van der Waals surface area contributed by atoms with Gasteiger partial charge in [-0.15, -0.1) is 11.8 Å². The molecule has 0 spiro atoms. The molecule has 1 amide bonds. The Kier molecular flexibility index (Phi) is 9.89. The summed E-state index contributed by atoms with van der Waals surface area (Å²) >= 11 is 1.64. The van der Waals surface area contributed by atoms with Crippen LogP contribution in [0.15, 0.2) is 23.1 Å². The van der Waals surface area contributed by atoms with Gasteiger partial charge in [0.1, 0.15) is 0 Å². The first-order valence-electron chi connectivity index (χ1n) is 10.3. The van der Waals surface area contributed by atoms with E-state index in [1.165, 1.54) is 35.3 Å². The van der Waals surface area contributed by atoms with E-state index >= 15 is 0 Å². The van der Waals surface area contributed by atoms with Crippen LogP contribution in [0, 0.1) is 0 Å². The molecular weight excluding hydrogens is 352 g/mol. The predicted molar refractivity (Wildman–Crippen MR) is 120 cm³/mol. The van der Waals surface area contributed by atoms with E-state index in [0.29, 0.717) is 12.3 Å². The summed E-state index contributed by atoms with van der Waals surface area (Å²) in [6.07, 6.45) is 3.71. The maximum absolute atomic E-state index is 12.2. The summed E-state index contributed by atoms with van der Waals surface area (Å²) in [4.78, 5) is 13.4. The van der Waals surface area contributed by atoms with E-state index in [9.17, 15) is 4.79 Å². The number of hydrogen-bond donors (Lipinski definition) is 2. The molecule has 1 rings (SSSR count). The molecule has 0 aliphatic carbocycles. The normalized spacial score (nSPS) is 12.3. The summed E-state index contributed by atoms with van der Waals surface area (Å²) in [7, 11) is 0. The molecule has 0 radical (unpaired) electrons. The van der Waals surface area contributed by atoms with Crippen LogP contribution in [0.2, 0.25) is 0 Å². The van der Waals surface area contributed by atoms with Gasteiger partial charge in [-0.25, -0.2) is 0 Å². The molecule has 0 heterocycles. The van der Waals surface area contributed by atoms with Crippen molar-refractivity contribution in [1.29, 1.82) is 0 Å². The van der Waals surface area contributed by atoms with Crippen LogP contribution in [0.4, 0.5) is 0 Å². The fraction of sp³-hybridized carbons (Fsp3) is 0.696. The molecule has 0 unspecified atom stereocenters. The van der Waals surface area contributed by atoms with Gasteiger partial charge in [0.2, 0.25) is 5.91 Å². The Morgan fingerprint density at radius 1 is 0.963 bits per heavy atom. The van der Waals surface area contributed by atoms with Crippen LogP contribution in [-0.2, 0) is 15.6 Å². The number of carbonyl (C=O) groups excluding carboxylic acids is 1. The van der Waals surface area contributed by atoms with Gasteiger partial charge in [-0.2, -0.15) is 0 Å². The lowest BCUT2D eigenvalue weighted by Gasteiger charge is -2.27. The summed E-state index contributed by atoms with van der Waals surface area (Å²) in [5.41, 5.74) is 2.85. The summed E-state index contributed by atoms with van der Waals surface area (Å²) in [6, 6.07) is 6.71. The number of amides is 1. The molecule has 1 aromatic carbocycles. The van der Waals surface area contributed by atoms with Crippen molar-refractivity contribution in [3.63, 3.8) is 0 Å². The van der Waals surface area contributed by atoms with Gasteiger partial charge in [0.15, 0.2) is 0 Å². The minimum atomic E-state index is 0.0580. The maximum Gasteiger partial charge on any atom is 0.230 e. The average Bonchev–Trinajstić information content (AvgIpc) is 2.57. The minimum absolute atomic E-state index is 0.0580. The van der Waals surface area contributed by atoms with Gasteiger partial charge < -0.3 is 10.6 Å². The van der Waals surface area contributed by atoms with Crippen molar-refractivity contribution in [2.75, 3.05) is 25.4 Å². The van der Waals surface area contributed by atoms with Crippen LogP contribution in [0.1, 0.15) is 78.9 Å². The van der Waals surface area contributed by atoms with Gasteiger partial charge in [-0.3, -0.25) is 4.79 Å². The average molecular weight is 393 g/mol. The lowest BCUT2D eigenvalue weighted by molar-refractivity contribution is -0.118. The first-order chi connectivity index (χ1) is 12.6. The number of hydrogen-bond acceptors (Lipinski definition) is 3. The van der Waals surface area contributed by atoms with Gasteiger partial charge >= 0.3 is 0 Å². The quantitative estimate of drug-likeness (QED) is 0.421. The zero-order chi connectivity index (χ0) is 20.5. The molecule has 1 aromatic rings. The Morgan fingerprint density at radius 3 is 2.26 bits per heavy atom. The molecule has 0 aromatic heterocycles. The fourth-order valence-corrected chi connectivity index (χ4v) is 3.89. The molecule has 0 bridgehead atoms. The monoisotopic (exact) mass is 392 g/mol. The third-order valence-corrected chi connectivity index (χ3v) is 5.67. The topological polar surface area (TPSA) is 41.1 Å². The van der Waals surface area contributed by atoms with Gasteiger partial charge in [-0.1, -0.05) is 73.4 Å². The van der Waals surface area contributed by atoms with Gasteiger partial charge in [0.05, 0.1) is 5.75 Å². The van der Waals surface area contributed by atoms with Gasteiger partial charge in [0.25, 0.3) is 0 Å². The lowest BCUT2D eigenvalue weighted by atomic mass is 9.81. The Bertz CT molecular complexity index is 585. The van der Waals surface area contributed by atoms with E-state index in [1.54, 1.807) is 11.8 Å². The second-order valence-corrected chi connectivity index (χ2v) is 10.3. The summed E-state index contributed by atoms with van der Waals surface area (Å²) in [6.45, 7) is 18.2. The summed E-state index contributed by atoms with van der Waals surface area (Å²) < 4.78 is 0. The smallest absolute Gasteiger partial charge is 0.230 e. The Labute approximate surface area is 171 Å². The molecule has 4 heteroatoms. The number of thioether (sulfide) groups is 1. The molecule has 27 heavy (non-hydrogen) atoms.